The molecule has 0 saturated carbocycles. The monoisotopic (exact) mass is 466 g/mol. The number of benzene rings is 1. The summed E-state index contributed by atoms with van der Waals surface area (Å²) >= 11 is 15.1. The van der Waals surface area contributed by atoms with Gasteiger partial charge in [0.05, 0.1) is 16.5 Å². The second-order valence-electron chi connectivity index (χ2n) is 6.20. The highest BCUT2D eigenvalue weighted by molar-refractivity contribution is 7.99. The summed E-state index contributed by atoms with van der Waals surface area (Å²) in [6, 6.07) is 4.94. The zero-order chi connectivity index (χ0) is 21.0. The first-order valence-corrected chi connectivity index (χ1v) is 11.6. The summed E-state index contributed by atoms with van der Waals surface area (Å²) in [4.78, 5) is 13.7. The normalized spacial score (nSPS) is 10.9. The molecule has 0 aliphatic carbocycles. The first-order valence-electron chi connectivity index (χ1n) is 8.93. The van der Waals surface area contributed by atoms with Gasteiger partial charge in [-0.2, -0.15) is 0 Å². The molecular formula is C20H20Cl2N4OS2. The van der Waals surface area contributed by atoms with E-state index in [9.17, 15) is 4.79 Å². The number of nitrogens with one attached hydrogen (secondary N) is 1. The van der Waals surface area contributed by atoms with Gasteiger partial charge in [-0.25, -0.2) is 0 Å². The Hall–Kier alpha value is -1.80. The number of hydrogen-bond donors (Lipinski definition) is 1. The molecule has 0 atom stereocenters. The van der Waals surface area contributed by atoms with Gasteiger partial charge in [-0.3, -0.25) is 9.36 Å². The summed E-state index contributed by atoms with van der Waals surface area (Å²) < 4.78 is 1.98. The molecule has 0 unspecified atom stereocenters. The number of carbonyl (C=O) groups excluding carboxylic acids is 1. The molecule has 0 fully saturated rings. The van der Waals surface area contributed by atoms with E-state index in [1.807, 2.05) is 4.57 Å². The van der Waals surface area contributed by atoms with E-state index < -0.39 is 0 Å². The van der Waals surface area contributed by atoms with Gasteiger partial charge in [-0.15, -0.1) is 28.1 Å². The van der Waals surface area contributed by atoms with E-state index >= 15 is 0 Å². The van der Waals surface area contributed by atoms with Crippen LogP contribution in [0.25, 0.3) is 11.4 Å². The van der Waals surface area contributed by atoms with Crippen molar-refractivity contribution >= 4 is 57.9 Å². The third-order valence-corrected chi connectivity index (χ3v) is 6.75. The number of amides is 1. The van der Waals surface area contributed by atoms with Crippen molar-refractivity contribution in [2.75, 3.05) is 11.1 Å². The molecule has 152 valence electrons. The third-order valence-electron chi connectivity index (χ3n) is 4.26. The van der Waals surface area contributed by atoms with Gasteiger partial charge in [0, 0.05) is 27.4 Å². The van der Waals surface area contributed by atoms with Gasteiger partial charge in [-0.05, 0) is 37.1 Å². The molecule has 0 bridgehead atoms. The number of thiophene rings is 1. The van der Waals surface area contributed by atoms with Gasteiger partial charge in [0.1, 0.15) is 0 Å². The van der Waals surface area contributed by atoms with Crippen LogP contribution in [0.3, 0.4) is 0 Å². The number of aromatic nitrogens is 3. The summed E-state index contributed by atoms with van der Waals surface area (Å²) in [5, 5.41) is 15.2. The van der Waals surface area contributed by atoms with Crippen LogP contribution in [0.4, 0.5) is 5.69 Å². The third kappa shape index (κ3) is 5.04. The summed E-state index contributed by atoms with van der Waals surface area (Å²) in [6.45, 7) is 8.64. The molecule has 29 heavy (non-hydrogen) atoms. The maximum absolute atomic E-state index is 12.4. The highest BCUT2D eigenvalue weighted by Crippen LogP contribution is 2.33. The number of halogens is 2. The van der Waals surface area contributed by atoms with Crippen LogP contribution in [0.1, 0.15) is 17.4 Å². The van der Waals surface area contributed by atoms with Crippen molar-refractivity contribution < 1.29 is 4.79 Å². The van der Waals surface area contributed by atoms with Crippen LogP contribution in [-0.4, -0.2) is 26.4 Å². The van der Waals surface area contributed by atoms with Gasteiger partial charge in [0.2, 0.25) is 5.91 Å². The molecule has 2 heterocycles. The van der Waals surface area contributed by atoms with Crippen LogP contribution in [0.15, 0.2) is 41.4 Å². The van der Waals surface area contributed by atoms with Gasteiger partial charge >= 0.3 is 0 Å². The Morgan fingerprint density at radius 2 is 2.17 bits per heavy atom. The Bertz CT molecular complexity index is 1050. The van der Waals surface area contributed by atoms with Crippen molar-refractivity contribution in [3.05, 3.63) is 56.7 Å². The molecular weight excluding hydrogens is 447 g/mol. The average molecular weight is 467 g/mol. The lowest BCUT2D eigenvalue weighted by atomic mass is 10.1. The number of hydrogen-bond acceptors (Lipinski definition) is 5. The number of nitrogens with zero attached hydrogens (tertiary/aromatic N) is 3. The highest BCUT2D eigenvalue weighted by atomic mass is 35.5. The predicted molar refractivity (Wildman–Crippen MR) is 123 cm³/mol. The Balaban J connectivity index is 1.77. The lowest BCUT2D eigenvalue weighted by Gasteiger charge is -2.09. The minimum atomic E-state index is -0.200. The van der Waals surface area contributed by atoms with E-state index in [1.165, 1.54) is 22.2 Å². The standard InChI is InChI=1S/C20H20Cl2N4OS2/c1-4-8-26-19(15-10-28-12(3)14(15)5-2)24-25-20(26)29-11-18(27)23-17-9-13(21)6-7-16(17)22/h4,6-7,9-10H,1,5,8,11H2,2-3H3,(H,23,27). The van der Waals surface area contributed by atoms with Gasteiger partial charge in [0.25, 0.3) is 0 Å². The summed E-state index contributed by atoms with van der Waals surface area (Å²) in [6.07, 6.45) is 2.73. The Morgan fingerprint density at radius 3 is 2.90 bits per heavy atom. The van der Waals surface area contributed by atoms with Crippen LogP contribution in [0, 0.1) is 6.92 Å². The number of rotatable bonds is 8. The number of carbonyl (C=O) groups is 1. The lowest BCUT2D eigenvalue weighted by Crippen LogP contribution is -2.15. The summed E-state index contributed by atoms with van der Waals surface area (Å²) in [7, 11) is 0. The van der Waals surface area contributed by atoms with Gasteiger partial charge in [-0.1, -0.05) is 48.0 Å². The van der Waals surface area contributed by atoms with E-state index in [2.05, 4.69) is 41.3 Å². The molecule has 0 radical (unpaired) electrons. The largest absolute Gasteiger partial charge is 0.324 e. The zero-order valence-electron chi connectivity index (χ0n) is 16.0. The molecule has 5 nitrogen and oxygen atoms in total. The zero-order valence-corrected chi connectivity index (χ0v) is 19.2. The lowest BCUT2D eigenvalue weighted by molar-refractivity contribution is -0.113. The molecule has 1 N–H and O–H groups in total. The molecule has 2 aromatic heterocycles. The van der Waals surface area contributed by atoms with Crippen molar-refractivity contribution in [2.24, 2.45) is 0 Å². The van der Waals surface area contributed by atoms with Crippen molar-refractivity contribution in [2.45, 2.75) is 32.0 Å². The molecule has 0 aliphatic rings. The summed E-state index contributed by atoms with van der Waals surface area (Å²) in [5.41, 5.74) is 2.85. The molecule has 9 heteroatoms. The molecule has 3 rings (SSSR count). The highest BCUT2D eigenvalue weighted by Gasteiger charge is 2.19. The Labute approximate surface area is 188 Å². The Kier molecular flexibility index (Phi) is 7.40. The Morgan fingerprint density at radius 1 is 1.38 bits per heavy atom. The number of allylic oxidation sites excluding steroid dienone is 1. The predicted octanol–water partition coefficient (Wildman–Crippen LogP) is 6.10. The van der Waals surface area contributed by atoms with E-state index in [4.69, 9.17) is 23.2 Å². The minimum absolute atomic E-state index is 0.168. The topological polar surface area (TPSA) is 59.8 Å². The van der Waals surface area contributed by atoms with Crippen molar-refractivity contribution in [1.29, 1.82) is 0 Å². The molecule has 1 aromatic carbocycles. The van der Waals surface area contributed by atoms with E-state index in [0.717, 1.165) is 17.8 Å². The molecule has 1 amide bonds. The molecule has 0 saturated heterocycles. The van der Waals surface area contributed by atoms with Crippen LogP contribution in [0.5, 0.6) is 0 Å². The second kappa shape index (κ2) is 9.80. The average Bonchev–Trinajstić information content (AvgIpc) is 3.26. The number of aryl methyl sites for hydroxylation is 1. The quantitative estimate of drug-likeness (QED) is 0.321. The first kappa shape index (κ1) is 21.9. The van der Waals surface area contributed by atoms with Crippen molar-refractivity contribution in [1.82, 2.24) is 14.8 Å². The van der Waals surface area contributed by atoms with Crippen molar-refractivity contribution in [3.8, 4) is 11.4 Å². The fourth-order valence-electron chi connectivity index (χ4n) is 2.90. The van der Waals surface area contributed by atoms with Gasteiger partial charge in [0.15, 0.2) is 11.0 Å². The first-order chi connectivity index (χ1) is 13.9. The second-order valence-corrected chi connectivity index (χ2v) is 9.07. The van der Waals surface area contributed by atoms with E-state index in [-0.39, 0.29) is 11.7 Å². The van der Waals surface area contributed by atoms with E-state index in [0.29, 0.717) is 27.4 Å². The molecule has 3 aromatic rings. The molecule has 0 spiro atoms. The smallest absolute Gasteiger partial charge is 0.234 e. The molecule has 0 aliphatic heterocycles. The summed E-state index contributed by atoms with van der Waals surface area (Å²) in [5.74, 6) is 0.767. The SMILES string of the molecule is C=CCn1c(SCC(=O)Nc2cc(Cl)ccc2Cl)nnc1-c1csc(C)c1CC. The van der Waals surface area contributed by atoms with Crippen molar-refractivity contribution in [3.63, 3.8) is 0 Å². The fraction of sp³-hybridized carbons (Fsp3) is 0.250. The van der Waals surface area contributed by atoms with Gasteiger partial charge < -0.3 is 5.32 Å². The van der Waals surface area contributed by atoms with Crippen LogP contribution < -0.4 is 5.32 Å². The number of thioether (sulfide) groups is 1. The van der Waals surface area contributed by atoms with Crippen LogP contribution in [-0.2, 0) is 17.8 Å². The van der Waals surface area contributed by atoms with Crippen LogP contribution in [0.2, 0.25) is 10.0 Å². The maximum atomic E-state index is 12.4. The fourth-order valence-corrected chi connectivity index (χ4v) is 4.93. The maximum Gasteiger partial charge on any atom is 0.234 e. The number of anilines is 1. The van der Waals surface area contributed by atoms with Crippen LogP contribution >= 0.6 is 46.3 Å². The van der Waals surface area contributed by atoms with E-state index in [1.54, 1.807) is 35.6 Å². The minimum Gasteiger partial charge on any atom is -0.324 e.